The van der Waals surface area contributed by atoms with E-state index in [0.717, 1.165) is 35.7 Å². The first-order chi connectivity index (χ1) is 14.7. The lowest BCUT2D eigenvalue weighted by atomic mass is 9.66. The molecule has 0 saturated carbocycles. The SMILES string of the molecule is CCC(C)(C)CC(C1COc2ccccc2N=C=Nc2ccccc2OC1)C(C)(C)C. The van der Waals surface area contributed by atoms with Crippen molar-refractivity contribution in [3.63, 3.8) is 0 Å². The molecular weight excluding hydrogens is 384 g/mol. The maximum atomic E-state index is 6.33. The van der Waals surface area contributed by atoms with E-state index in [9.17, 15) is 0 Å². The summed E-state index contributed by atoms with van der Waals surface area (Å²) in [4.78, 5) is 8.83. The third-order valence-electron chi connectivity index (χ3n) is 6.39. The second kappa shape index (κ2) is 9.70. The zero-order valence-corrected chi connectivity index (χ0v) is 19.8. The van der Waals surface area contributed by atoms with Gasteiger partial charge in [0.25, 0.3) is 0 Å². The van der Waals surface area contributed by atoms with E-state index in [4.69, 9.17) is 9.47 Å². The lowest BCUT2D eigenvalue weighted by Crippen LogP contribution is -2.38. The van der Waals surface area contributed by atoms with Crippen molar-refractivity contribution in [1.29, 1.82) is 0 Å². The summed E-state index contributed by atoms with van der Waals surface area (Å²) in [5, 5.41) is 0. The van der Waals surface area contributed by atoms with Crippen molar-refractivity contribution in [3.8, 4) is 11.5 Å². The molecule has 1 aliphatic rings. The van der Waals surface area contributed by atoms with E-state index in [0.29, 0.717) is 19.1 Å². The zero-order chi connectivity index (χ0) is 22.5. The lowest BCUT2D eigenvalue weighted by molar-refractivity contribution is 0.0374. The van der Waals surface area contributed by atoms with Crippen molar-refractivity contribution in [1.82, 2.24) is 0 Å². The van der Waals surface area contributed by atoms with Crippen LogP contribution in [0, 0.1) is 22.7 Å². The molecule has 166 valence electrons. The van der Waals surface area contributed by atoms with Crippen molar-refractivity contribution in [2.45, 2.75) is 54.4 Å². The Kier molecular flexibility index (Phi) is 7.23. The van der Waals surface area contributed by atoms with Gasteiger partial charge in [-0.2, -0.15) is 9.98 Å². The van der Waals surface area contributed by atoms with Gasteiger partial charge in [0.15, 0.2) is 0 Å². The Balaban J connectivity index is 2.02. The molecule has 0 spiro atoms. The average molecular weight is 421 g/mol. The summed E-state index contributed by atoms with van der Waals surface area (Å²) in [6.45, 7) is 15.1. The highest BCUT2D eigenvalue weighted by Gasteiger charge is 2.37. The highest BCUT2D eigenvalue weighted by molar-refractivity contribution is 5.64. The number of hydrogen-bond acceptors (Lipinski definition) is 4. The summed E-state index contributed by atoms with van der Waals surface area (Å²) in [5.41, 5.74) is 1.86. The quantitative estimate of drug-likeness (QED) is 0.508. The van der Waals surface area contributed by atoms with Crippen molar-refractivity contribution in [2.24, 2.45) is 32.7 Å². The molecule has 0 amide bonds. The minimum Gasteiger partial charge on any atom is -0.491 e. The van der Waals surface area contributed by atoms with Crippen molar-refractivity contribution in [2.75, 3.05) is 13.2 Å². The van der Waals surface area contributed by atoms with Crippen LogP contribution in [0.3, 0.4) is 0 Å². The number of aliphatic imine (C=N–C) groups is 2. The molecule has 4 nitrogen and oxygen atoms in total. The highest BCUT2D eigenvalue weighted by atomic mass is 16.5. The summed E-state index contributed by atoms with van der Waals surface area (Å²) in [6, 6.07) is 18.4. The van der Waals surface area contributed by atoms with E-state index in [2.05, 4.69) is 57.5 Å². The topological polar surface area (TPSA) is 43.2 Å². The predicted octanol–water partition coefficient (Wildman–Crippen LogP) is 7.70. The molecule has 0 aliphatic carbocycles. The molecule has 0 bridgehead atoms. The summed E-state index contributed by atoms with van der Waals surface area (Å²) >= 11 is 0. The van der Waals surface area contributed by atoms with Gasteiger partial charge in [-0.05, 0) is 47.4 Å². The molecule has 2 aromatic carbocycles. The highest BCUT2D eigenvalue weighted by Crippen LogP contribution is 2.43. The van der Waals surface area contributed by atoms with Gasteiger partial charge in [0.05, 0.1) is 13.2 Å². The second-order valence-electron chi connectivity index (χ2n) is 10.3. The van der Waals surface area contributed by atoms with Crippen LogP contribution in [0.15, 0.2) is 58.5 Å². The van der Waals surface area contributed by atoms with Crippen LogP contribution in [0.4, 0.5) is 11.4 Å². The molecule has 1 aliphatic heterocycles. The molecule has 1 unspecified atom stereocenters. The maximum Gasteiger partial charge on any atom is 0.145 e. The molecule has 0 radical (unpaired) electrons. The van der Waals surface area contributed by atoms with Gasteiger partial charge in [0.2, 0.25) is 0 Å². The van der Waals surface area contributed by atoms with Gasteiger partial charge < -0.3 is 9.47 Å². The van der Waals surface area contributed by atoms with Gasteiger partial charge in [-0.15, -0.1) is 0 Å². The number of para-hydroxylation sites is 4. The summed E-state index contributed by atoms with van der Waals surface area (Å²) in [6.07, 6.45) is 2.26. The lowest BCUT2D eigenvalue weighted by Gasteiger charge is -2.41. The minimum absolute atomic E-state index is 0.121. The maximum absolute atomic E-state index is 6.33. The standard InChI is InChI=1S/C27H36N2O2/c1-7-27(5,6)16-21(26(2,3)4)20-17-30-24-14-10-8-12-22(24)28-19-29-23-13-9-11-15-25(23)31-18-20/h8-15,20-21H,7,16-18H2,1-6H3. The number of ether oxygens (including phenoxy) is 2. The third-order valence-corrected chi connectivity index (χ3v) is 6.39. The van der Waals surface area contributed by atoms with Crippen molar-refractivity contribution in [3.05, 3.63) is 48.5 Å². The van der Waals surface area contributed by atoms with Gasteiger partial charge in [-0.1, -0.05) is 72.2 Å². The molecule has 0 N–H and O–H groups in total. The van der Waals surface area contributed by atoms with Crippen LogP contribution in [-0.4, -0.2) is 19.2 Å². The Labute approximate surface area is 187 Å². The molecule has 0 aromatic heterocycles. The van der Waals surface area contributed by atoms with Crippen LogP contribution >= 0.6 is 0 Å². The second-order valence-corrected chi connectivity index (χ2v) is 10.3. The summed E-state index contributed by atoms with van der Waals surface area (Å²) in [5.74, 6) is 2.16. The number of benzene rings is 2. The van der Waals surface area contributed by atoms with E-state index in [1.807, 2.05) is 48.5 Å². The molecule has 3 rings (SSSR count). The fourth-order valence-electron chi connectivity index (χ4n) is 4.07. The van der Waals surface area contributed by atoms with Crippen molar-refractivity contribution < 1.29 is 9.47 Å². The molecule has 0 fully saturated rings. The summed E-state index contributed by atoms with van der Waals surface area (Å²) in [7, 11) is 0. The van der Waals surface area contributed by atoms with E-state index in [1.165, 1.54) is 0 Å². The van der Waals surface area contributed by atoms with Crippen LogP contribution in [0.1, 0.15) is 54.4 Å². The first-order valence-electron chi connectivity index (χ1n) is 11.3. The number of fused-ring (bicyclic) bond motifs is 2. The molecule has 2 aromatic rings. The van der Waals surface area contributed by atoms with E-state index < -0.39 is 0 Å². The summed E-state index contributed by atoms with van der Waals surface area (Å²) < 4.78 is 12.7. The Hall–Kier alpha value is -2.58. The molecule has 31 heavy (non-hydrogen) atoms. The molecule has 1 heterocycles. The number of hydrogen-bond donors (Lipinski definition) is 0. The predicted molar refractivity (Wildman–Crippen MR) is 128 cm³/mol. The van der Waals surface area contributed by atoms with Crippen LogP contribution in [0.25, 0.3) is 0 Å². The van der Waals surface area contributed by atoms with Gasteiger partial charge >= 0.3 is 0 Å². The third kappa shape index (κ3) is 6.21. The minimum atomic E-state index is 0.121. The largest absolute Gasteiger partial charge is 0.491 e. The number of rotatable bonds is 4. The molecule has 1 atom stereocenters. The van der Waals surface area contributed by atoms with Gasteiger partial charge in [0, 0.05) is 5.92 Å². The Morgan fingerprint density at radius 1 is 0.871 bits per heavy atom. The fourth-order valence-corrected chi connectivity index (χ4v) is 4.07. The Bertz CT molecular complexity index is 881. The van der Waals surface area contributed by atoms with Crippen molar-refractivity contribution >= 4 is 17.4 Å². The molecule has 0 saturated heterocycles. The normalized spacial score (nSPS) is 17.9. The fraction of sp³-hybridized carbons (Fsp3) is 0.519. The van der Waals surface area contributed by atoms with Crippen LogP contribution < -0.4 is 9.47 Å². The van der Waals surface area contributed by atoms with E-state index in [1.54, 1.807) is 0 Å². The van der Waals surface area contributed by atoms with Gasteiger partial charge in [-0.25, -0.2) is 0 Å². The molecular formula is C27H36N2O2. The van der Waals surface area contributed by atoms with E-state index >= 15 is 0 Å². The van der Waals surface area contributed by atoms with Gasteiger partial charge in [0.1, 0.15) is 28.9 Å². The zero-order valence-electron chi connectivity index (χ0n) is 19.8. The smallest absolute Gasteiger partial charge is 0.145 e. The van der Waals surface area contributed by atoms with E-state index in [-0.39, 0.29) is 16.7 Å². The van der Waals surface area contributed by atoms with Crippen LogP contribution in [0.5, 0.6) is 11.5 Å². The Morgan fingerprint density at radius 3 is 1.81 bits per heavy atom. The van der Waals surface area contributed by atoms with Crippen LogP contribution in [0.2, 0.25) is 0 Å². The molecule has 4 heteroatoms. The van der Waals surface area contributed by atoms with Gasteiger partial charge in [-0.3, -0.25) is 0 Å². The first-order valence-corrected chi connectivity index (χ1v) is 11.3. The average Bonchev–Trinajstić information content (AvgIpc) is 2.72. The monoisotopic (exact) mass is 420 g/mol. The first kappa shape index (κ1) is 23.1. The van der Waals surface area contributed by atoms with Crippen LogP contribution in [-0.2, 0) is 0 Å². The number of nitrogens with zero attached hydrogens (tertiary/aromatic N) is 2. The Morgan fingerprint density at radius 2 is 1.35 bits per heavy atom.